The van der Waals surface area contributed by atoms with Gasteiger partial charge >= 0.3 is 13.1 Å². The predicted octanol–water partition coefficient (Wildman–Crippen LogP) is 1.49. The lowest BCUT2D eigenvalue weighted by Crippen LogP contribution is -2.41. The van der Waals surface area contributed by atoms with Gasteiger partial charge in [0.25, 0.3) is 0 Å². The van der Waals surface area contributed by atoms with Gasteiger partial charge < -0.3 is 19.8 Å². The summed E-state index contributed by atoms with van der Waals surface area (Å²) >= 11 is 0. The third kappa shape index (κ3) is 2.63. The Balaban J connectivity index is 2.47. The number of carbonyl (C=O) groups excluding carboxylic acids is 1. The second-order valence-corrected chi connectivity index (χ2v) is 6.04. The second kappa shape index (κ2) is 5.00. The maximum atomic E-state index is 13.8. The van der Waals surface area contributed by atoms with Gasteiger partial charge in [-0.1, -0.05) is 0 Å². The molecule has 0 atom stereocenters. The van der Waals surface area contributed by atoms with Gasteiger partial charge in [-0.25, -0.2) is 9.18 Å². The van der Waals surface area contributed by atoms with Crippen LogP contribution in [0.5, 0.6) is 0 Å². The van der Waals surface area contributed by atoms with Gasteiger partial charge in [-0.3, -0.25) is 0 Å². The summed E-state index contributed by atoms with van der Waals surface area (Å²) in [5.41, 5.74) is 5.14. The fourth-order valence-corrected chi connectivity index (χ4v) is 2.08. The zero-order valence-electron chi connectivity index (χ0n) is 12.8. The molecule has 1 aromatic rings. The van der Waals surface area contributed by atoms with E-state index in [9.17, 15) is 9.18 Å². The number of ether oxygens (including phenoxy) is 1. The van der Waals surface area contributed by atoms with Crippen molar-refractivity contribution < 1.29 is 23.2 Å². The van der Waals surface area contributed by atoms with Gasteiger partial charge in [0.2, 0.25) is 0 Å². The number of carbonyl (C=O) groups is 1. The molecule has 1 heterocycles. The maximum absolute atomic E-state index is 13.8. The van der Waals surface area contributed by atoms with Crippen molar-refractivity contribution in [3.8, 4) is 0 Å². The Kier molecular flexibility index (Phi) is 3.76. The standard InChI is InChI=1S/C14H19BFNO4/c1-13(2)14(3,4)21-15(20-13)10-7-8(16)6-9(11(10)17)12(18)19-5/h6-7H,17H2,1-5H3. The van der Waals surface area contributed by atoms with Crippen LogP contribution >= 0.6 is 0 Å². The van der Waals surface area contributed by atoms with Crippen LogP contribution in [0.4, 0.5) is 10.1 Å². The summed E-state index contributed by atoms with van der Waals surface area (Å²) in [5, 5.41) is 0. The average molecular weight is 295 g/mol. The molecule has 5 nitrogen and oxygen atoms in total. The van der Waals surface area contributed by atoms with Crippen LogP contribution in [0.2, 0.25) is 0 Å². The monoisotopic (exact) mass is 295 g/mol. The zero-order chi connectivity index (χ0) is 16.0. The fraction of sp³-hybridized carbons (Fsp3) is 0.500. The minimum absolute atomic E-state index is 0.0396. The first-order chi connectivity index (χ1) is 9.59. The normalized spacial score (nSPS) is 19.6. The number of methoxy groups -OCH3 is 1. The van der Waals surface area contributed by atoms with Gasteiger partial charge in [0.15, 0.2) is 0 Å². The van der Waals surface area contributed by atoms with Crippen LogP contribution in [-0.4, -0.2) is 31.4 Å². The van der Waals surface area contributed by atoms with E-state index in [1.54, 1.807) is 0 Å². The number of nitrogens with two attached hydrogens (primary N) is 1. The van der Waals surface area contributed by atoms with Crippen molar-refractivity contribution in [2.45, 2.75) is 38.9 Å². The Labute approximate surface area is 123 Å². The highest BCUT2D eigenvalue weighted by atomic mass is 19.1. The molecule has 2 rings (SSSR count). The van der Waals surface area contributed by atoms with Crippen LogP contribution in [0.3, 0.4) is 0 Å². The van der Waals surface area contributed by atoms with E-state index in [-0.39, 0.29) is 16.7 Å². The van der Waals surface area contributed by atoms with E-state index >= 15 is 0 Å². The molecule has 0 unspecified atom stereocenters. The molecule has 0 amide bonds. The summed E-state index contributed by atoms with van der Waals surface area (Å²) in [5.74, 6) is -1.31. The molecule has 0 saturated carbocycles. The highest BCUT2D eigenvalue weighted by Gasteiger charge is 2.52. The molecule has 1 fully saturated rings. The third-order valence-electron chi connectivity index (χ3n) is 4.09. The van der Waals surface area contributed by atoms with E-state index in [0.29, 0.717) is 0 Å². The van der Waals surface area contributed by atoms with E-state index in [2.05, 4.69) is 4.74 Å². The molecular weight excluding hydrogens is 276 g/mol. The molecule has 1 aromatic carbocycles. The zero-order valence-corrected chi connectivity index (χ0v) is 12.8. The minimum atomic E-state index is -0.839. The molecule has 0 radical (unpaired) electrons. The molecule has 0 bridgehead atoms. The highest BCUT2D eigenvalue weighted by Crippen LogP contribution is 2.37. The number of nitrogen functional groups attached to an aromatic ring is 1. The van der Waals surface area contributed by atoms with Crippen LogP contribution in [0, 0.1) is 5.82 Å². The lowest BCUT2D eigenvalue weighted by atomic mass is 9.76. The van der Waals surface area contributed by atoms with E-state index in [1.807, 2.05) is 27.7 Å². The van der Waals surface area contributed by atoms with Crippen molar-refractivity contribution in [2.24, 2.45) is 0 Å². The highest BCUT2D eigenvalue weighted by molar-refractivity contribution is 6.64. The van der Waals surface area contributed by atoms with Crippen molar-refractivity contribution >= 4 is 24.2 Å². The van der Waals surface area contributed by atoms with E-state index in [0.717, 1.165) is 6.07 Å². The third-order valence-corrected chi connectivity index (χ3v) is 4.09. The first-order valence-corrected chi connectivity index (χ1v) is 6.62. The topological polar surface area (TPSA) is 70.8 Å². The Morgan fingerprint density at radius 1 is 1.24 bits per heavy atom. The van der Waals surface area contributed by atoms with Crippen LogP contribution in [-0.2, 0) is 14.0 Å². The number of esters is 1. The van der Waals surface area contributed by atoms with Crippen molar-refractivity contribution in [1.82, 2.24) is 0 Å². The summed E-state index contributed by atoms with van der Waals surface area (Å²) in [6, 6.07) is 2.25. The molecule has 1 aliphatic heterocycles. The molecule has 114 valence electrons. The molecule has 1 saturated heterocycles. The number of rotatable bonds is 2. The summed E-state index contributed by atoms with van der Waals surface area (Å²) in [6.07, 6.45) is 0. The second-order valence-electron chi connectivity index (χ2n) is 6.04. The van der Waals surface area contributed by atoms with Crippen LogP contribution < -0.4 is 11.2 Å². The predicted molar refractivity (Wildman–Crippen MR) is 77.9 cm³/mol. The molecular formula is C14H19BFNO4. The average Bonchev–Trinajstić information content (AvgIpc) is 2.59. The molecule has 1 aliphatic rings. The molecule has 2 N–H and O–H groups in total. The number of hydrogen-bond acceptors (Lipinski definition) is 5. The summed E-state index contributed by atoms with van der Waals surface area (Å²) < 4.78 is 30.0. The van der Waals surface area contributed by atoms with Crippen molar-refractivity contribution in [1.29, 1.82) is 0 Å². The van der Waals surface area contributed by atoms with Gasteiger partial charge in [-0.2, -0.15) is 0 Å². The summed E-state index contributed by atoms with van der Waals surface area (Å²) in [7, 11) is 0.371. The number of hydrogen-bond donors (Lipinski definition) is 1. The minimum Gasteiger partial charge on any atom is -0.465 e. The quantitative estimate of drug-likeness (QED) is 0.508. The largest absolute Gasteiger partial charge is 0.497 e. The SMILES string of the molecule is COC(=O)c1cc(F)cc(B2OC(C)(C)C(C)(C)O2)c1N. The Morgan fingerprint density at radius 2 is 1.76 bits per heavy atom. The molecule has 21 heavy (non-hydrogen) atoms. The van der Waals surface area contributed by atoms with Crippen molar-refractivity contribution in [3.63, 3.8) is 0 Å². The number of benzene rings is 1. The van der Waals surface area contributed by atoms with Gasteiger partial charge in [-0.15, -0.1) is 0 Å². The number of halogens is 1. The van der Waals surface area contributed by atoms with Crippen molar-refractivity contribution in [3.05, 3.63) is 23.5 Å². The lowest BCUT2D eigenvalue weighted by molar-refractivity contribution is 0.00578. The lowest BCUT2D eigenvalue weighted by Gasteiger charge is -2.32. The Morgan fingerprint density at radius 3 is 2.24 bits per heavy atom. The first-order valence-electron chi connectivity index (χ1n) is 6.62. The Hall–Kier alpha value is -1.60. The van der Waals surface area contributed by atoms with E-state index in [1.165, 1.54) is 13.2 Å². The summed E-state index contributed by atoms with van der Waals surface area (Å²) in [4.78, 5) is 11.7. The van der Waals surface area contributed by atoms with E-state index < -0.39 is 30.1 Å². The van der Waals surface area contributed by atoms with E-state index in [4.69, 9.17) is 15.0 Å². The van der Waals surface area contributed by atoms with Gasteiger partial charge in [-0.05, 0) is 39.8 Å². The maximum Gasteiger partial charge on any atom is 0.497 e. The smallest absolute Gasteiger partial charge is 0.465 e. The van der Waals surface area contributed by atoms with Crippen LogP contribution in [0.15, 0.2) is 12.1 Å². The molecule has 0 spiro atoms. The molecule has 7 heteroatoms. The summed E-state index contributed by atoms with van der Waals surface area (Å²) in [6.45, 7) is 7.51. The molecule has 0 aromatic heterocycles. The first kappa shape index (κ1) is 15.8. The molecule has 0 aliphatic carbocycles. The number of anilines is 1. The van der Waals surface area contributed by atoms with Gasteiger partial charge in [0.1, 0.15) is 5.82 Å². The van der Waals surface area contributed by atoms with Gasteiger partial charge in [0.05, 0.1) is 23.9 Å². The van der Waals surface area contributed by atoms with Gasteiger partial charge in [0, 0.05) is 11.2 Å². The van der Waals surface area contributed by atoms with Crippen LogP contribution in [0.1, 0.15) is 38.1 Å². The van der Waals surface area contributed by atoms with Crippen molar-refractivity contribution in [2.75, 3.05) is 12.8 Å². The fourth-order valence-electron chi connectivity index (χ4n) is 2.08. The Bertz CT molecular complexity index is 573. The van der Waals surface area contributed by atoms with Crippen LogP contribution in [0.25, 0.3) is 0 Å².